The molecule has 0 amide bonds. The van der Waals surface area contributed by atoms with Gasteiger partial charge in [0.25, 0.3) is 0 Å². The van der Waals surface area contributed by atoms with Gasteiger partial charge >= 0.3 is 5.97 Å². The molecule has 0 N–H and O–H groups in total. The van der Waals surface area contributed by atoms with Crippen molar-refractivity contribution in [1.82, 2.24) is 0 Å². The summed E-state index contributed by atoms with van der Waals surface area (Å²) in [4.78, 5) is 22.4. The van der Waals surface area contributed by atoms with Crippen molar-refractivity contribution in [3.63, 3.8) is 0 Å². The van der Waals surface area contributed by atoms with Crippen LogP contribution in [0.25, 0.3) is 0 Å². The van der Waals surface area contributed by atoms with Gasteiger partial charge in [-0.05, 0) is 37.5 Å². The van der Waals surface area contributed by atoms with Gasteiger partial charge in [-0.3, -0.25) is 4.79 Å². The predicted molar refractivity (Wildman–Crippen MR) is 71.0 cm³/mol. The number of esters is 1. The van der Waals surface area contributed by atoms with Crippen LogP contribution in [0.5, 0.6) is 0 Å². The normalized spacial score (nSPS) is 10.2. The van der Waals surface area contributed by atoms with Crippen LogP contribution >= 0.6 is 23.2 Å². The molecule has 0 fully saturated rings. The molecule has 0 atom stereocenters. The molecule has 0 unspecified atom stereocenters. The Bertz CT molecular complexity index is 444. The minimum Gasteiger partial charge on any atom is -0.460 e. The standard InChI is InChI=1S/C13H14Cl2O3/c1-2-18-13(17)12(16)5-3-4-9-6-7-10(14)11(15)8-9/h6-8H,2-5H2,1H3. The zero-order valence-electron chi connectivity index (χ0n) is 10.0. The van der Waals surface area contributed by atoms with E-state index < -0.39 is 11.8 Å². The molecule has 5 heteroatoms. The molecule has 98 valence electrons. The number of hydrogen-bond donors (Lipinski definition) is 0. The lowest BCUT2D eigenvalue weighted by atomic mass is 10.1. The first-order valence-electron chi connectivity index (χ1n) is 5.68. The first kappa shape index (κ1) is 15.0. The fourth-order valence-corrected chi connectivity index (χ4v) is 1.78. The molecule has 0 spiro atoms. The summed E-state index contributed by atoms with van der Waals surface area (Å²) in [7, 11) is 0. The van der Waals surface area contributed by atoms with Crippen molar-refractivity contribution >= 4 is 35.0 Å². The number of Topliss-reactive ketones (excluding diaryl/α,β-unsaturated/α-hetero) is 1. The smallest absolute Gasteiger partial charge is 0.374 e. The van der Waals surface area contributed by atoms with E-state index in [0.717, 1.165) is 5.56 Å². The molecule has 0 saturated heterocycles. The number of ketones is 1. The van der Waals surface area contributed by atoms with E-state index in [9.17, 15) is 9.59 Å². The molecular formula is C13H14Cl2O3. The summed E-state index contributed by atoms with van der Waals surface area (Å²) in [5.74, 6) is -1.25. The van der Waals surface area contributed by atoms with Gasteiger partial charge in [-0.15, -0.1) is 0 Å². The Labute approximate surface area is 116 Å². The van der Waals surface area contributed by atoms with Crippen molar-refractivity contribution in [2.75, 3.05) is 6.61 Å². The largest absolute Gasteiger partial charge is 0.460 e. The minimum atomic E-state index is -0.758. The molecule has 3 nitrogen and oxygen atoms in total. The van der Waals surface area contributed by atoms with E-state index >= 15 is 0 Å². The zero-order chi connectivity index (χ0) is 13.5. The molecule has 1 aromatic carbocycles. The van der Waals surface area contributed by atoms with E-state index in [-0.39, 0.29) is 13.0 Å². The Morgan fingerprint density at radius 1 is 1.22 bits per heavy atom. The number of halogens is 2. The van der Waals surface area contributed by atoms with Crippen molar-refractivity contribution in [3.05, 3.63) is 33.8 Å². The summed E-state index contributed by atoms with van der Waals surface area (Å²) in [5.41, 5.74) is 0.987. The van der Waals surface area contributed by atoms with Crippen LogP contribution in [0, 0.1) is 0 Å². The number of benzene rings is 1. The number of carbonyl (C=O) groups is 2. The van der Waals surface area contributed by atoms with Gasteiger partial charge in [0.2, 0.25) is 5.78 Å². The monoisotopic (exact) mass is 288 g/mol. The van der Waals surface area contributed by atoms with E-state index in [0.29, 0.717) is 22.9 Å². The zero-order valence-corrected chi connectivity index (χ0v) is 11.6. The van der Waals surface area contributed by atoms with Crippen LogP contribution in [0.15, 0.2) is 18.2 Å². The molecular weight excluding hydrogens is 275 g/mol. The molecule has 0 radical (unpaired) electrons. The molecule has 18 heavy (non-hydrogen) atoms. The molecule has 0 aliphatic heterocycles. The highest BCUT2D eigenvalue weighted by atomic mass is 35.5. The van der Waals surface area contributed by atoms with Crippen molar-refractivity contribution in [2.24, 2.45) is 0 Å². The average molecular weight is 289 g/mol. The third-order valence-electron chi connectivity index (χ3n) is 2.36. The Morgan fingerprint density at radius 2 is 1.94 bits per heavy atom. The number of carbonyl (C=O) groups excluding carboxylic acids is 2. The quantitative estimate of drug-likeness (QED) is 0.595. The fourth-order valence-electron chi connectivity index (χ4n) is 1.46. The lowest BCUT2D eigenvalue weighted by Gasteiger charge is -2.03. The first-order chi connectivity index (χ1) is 8.54. The molecule has 0 aliphatic carbocycles. The van der Waals surface area contributed by atoms with Gasteiger partial charge in [0.1, 0.15) is 0 Å². The molecule has 1 aromatic rings. The topological polar surface area (TPSA) is 43.4 Å². The Hall–Kier alpha value is -1.06. The summed E-state index contributed by atoms with van der Waals surface area (Å²) in [6.07, 6.45) is 1.43. The second-order valence-corrected chi connectivity index (χ2v) is 4.56. The average Bonchev–Trinajstić information content (AvgIpc) is 2.34. The van der Waals surface area contributed by atoms with E-state index in [1.165, 1.54) is 0 Å². The molecule has 0 saturated carbocycles. The van der Waals surface area contributed by atoms with E-state index in [1.807, 2.05) is 6.07 Å². The van der Waals surface area contributed by atoms with Gasteiger partial charge in [0.05, 0.1) is 16.7 Å². The highest BCUT2D eigenvalue weighted by molar-refractivity contribution is 6.42. The van der Waals surface area contributed by atoms with E-state index in [2.05, 4.69) is 4.74 Å². The highest BCUT2D eigenvalue weighted by Crippen LogP contribution is 2.23. The van der Waals surface area contributed by atoms with E-state index in [1.54, 1.807) is 19.1 Å². The Kier molecular flexibility index (Phi) is 6.16. The molecule has 0 heterocycles. The first-order valence-corrected chi connectivity index (χ1v) is 6.44. The van der Waals surface area contributed by atoms with Gasteiger partial charge in [-0.25, -0.2) is 4.79 Å². The number of rotatable bonds is 6. The number of hydrogen-bond acceptors (Lipinski definition) is 3. The second-order valence-electron chi connectivity index (χ2n) is 3.75. The van der Waals surface area contributed by atoms with Gasteiger partial charge < -0.3 is 4.74 Å². The third-order valence-corrected chi connectivity index (χ3v) is 3.10. The van der Waals surface area contributed by atoms with Gasteiger partial charge in [-0.1, -0.05) is 29.3 Å². The summed E-state index contributed by atoms with van der Waals surface area (Å²) < 4.78 is 4.61. The molecule has 0 aliphatic rings. The maximum atomic E-state index is 11.3. The van der Waals surface area contributed by atoms with Crippen molar-refractivity contribution in [3.8, 4) is 0 Å². The van der Waals surface area contributed by atoms with E-state index in [4.69, 9.17) is 23.2 Å². The van der Waals surface area contributed by atoms with Crippen molar-refractivity contribution < 1.29 is 14.3 Å². The maximum absolute atomic E-state index is 11.3. The van der Waals surface area contributed by atoms with Gasteiger partial charge in [-0.2, -0.15) is 0 Å². The van der Waals surface area contributed by atoms with Crippen molar-refractivity contribution in [2.45, 2.75) is 26.2 Å². The van der Waals surface area contributed by atoms with Crippen LogP contribution in [0.3, 0.4) is 0 Å². The van der Waals surface area contributed by atoms with Crippen LogP contribution in [-0.4, -0.2) is 18.4 Å². The predicted octanol–water partition coefficient (Wildman–Crippen LogP) is 3.45. The Balaban J connectivity index is 2.39. The minimum absolute atomic E-state index is 0.180. The molecule has 0 bridgehead atoms. The summed E-state index contributed by atoms with van der Waals surface area (Å²) in [5, 5.41) is 0.994. The third kappa shape index (κ3) is 4.67. The molecule has 1 rings (SSSR count). The number of ether oxygens (including phenoxy) is 1. The Morgan fingerprint density at radius 3 is 2.56 bits per heavy atom. The molecule has 0 aromatic heterocycles. The lowest BCUT2D eigenvalue weighted by Crippen LogP contribution is -2.17. The highest BCUT2D eigenvalue weighted by Gasteiger charge is 2.13. The summed E-state index contributed by atoms with van der Waals surface area (Å²) in [6, 6.07) is 5.33. The maximum Gasteiger partial charge on any atom is 0.374 e. The summed E-state index contributed by atoms with van der Waals surface area (Å²) >= 11 is 11.7. The van der Waals surface area contributed by atoms with Gasteiger partial charge in [0.15, 0.2) is 0 Å². The van der Waals surface area contributed by atoms with Crippen LogP contribution in [0.2, 0.25) is 10.0 Å². The van der Waals surface area contributed by atoms with Crippen molar-refractivity contribution in [1.29, 1.82) is 0 Å². The number of aryl methyl sites for hydroxylation is 1. The van der Waals surface area contributed by atoms with Crippen LogP contribution in [-0.2, 0) is 20.7 Å². The van der Waals surface area contributed by atoms with Crippen LogP contribution in [0.1, 0.15) is 25.3 Å². The lowest BCUT2D eigenvalue weighted by molar-refractivity contribution is -0.153. The SMILES string of the molecule is CCOC(=O)C(=O)CCCc1ccc(Cl)c(Cl)c1. The fraction of sp³-hybridized carbons (Fsp3) is 0.385. The van der Waals surface area contributed by atoms with Crippen LogP contribution < -0.4 is 0 Å². The van der Waals surface area contributed by atoms with Crippen LogP contribution in [0.4, 0.5) is 0 Å². The van der Waals surface area contributed by atoms with Gasteiger partial charge in [0, 0.05) is 6.42 Å². The second kappa shape index (κ2) is 7.39. The summed E-state index contributed by atoms with van der Waals surface area (Å²) in [6.45, 7) is 1.89.